The number of carbonyl (C=O) groups is 1. The van der Waals surface area contributed by atoms with Crippen LogP contribution < -0.4 is 10.1 Å². The molecular weight excluding hydrogens is 338 g/mol. The van der Waals surface area contributed by atoms with Crippen molar-refractivity contribution < 1.29 is 9.53 Å². The van der Waals surface area contributed by atoms with Gasteiger partial charge < -0.3 is 19.9 Å². The zero-order valence-corrected chi connectivity index (χ0v) is 16.0. The molecule has 0 saturated heterocycles. The molecule has 0 aliphatic rings. The molecule has 0 spiro atoms. The number of hydrogen-bond acceptors (Lipinski definition) is 3. The minimum absolute atomic E-state index is 0.117. The number of aromatic amines is 1. The van der Waals surface area contributed by atoms with Crippen molar-refractivity contribution in [3.63, 3.8) is 0 Å². The first-order chi connectivity index (χ1) is 13.0. The number of fused-ring (bicyclic) bond motifs is 1. The van der Waals surface area contributed by atoms with Crippen LogP contribution in [0.5, 0.6) is 5.75 Å². The Morgan fingerprint density at radius 2 is 2.07 bits per heavy atom. The molecule has 27 heavy (non-hydrogen) atoms. The highest BCUT2D eigenvalue weighted by molar-refractivity contribution is 5.99. The van der Waals surface area contributed by atoms with Gasteiger partial charge in [0.15, 0.2) is 0 Å². The van der Waals surface area contributed by atoms with Gasteiger partial charge in [-0.25, -0.2) is 0 Å². The highest BCUT2D eigenvalue weighted by Gasteiger charge is 2.07. The van der Waals surface area contributed by atoms with Crippen LogP contribution in [0.3, 0.4) is 0 Å². The molecule has 0 aliphatic carbocycles. The first kappa shape index (κ1) is 18.7. The molecule has 1 amide bonds. The number of hydrogen-bond donors (Lipinski definition) is 2. The number of carbonyl (C=O) groups excluding carboxylic acids is 1. The molecule has 0 saturated carbocycles. The van der Waals surface area contributed by atoms with E-state index in [2.05, 4.69) is 22.4 Å². The predicted molar refractivity (Wildman–Crippen MR) is 110 cm³/mol. The van der Waals surface area contributed by atoms with Gasteiger partial charge in [0.1, 0.15) is 5.75 Å². The van der Waals surface area contributed by atoms with E-state index in [1.165, 1.54) is 10.9 Å². The smallest absolute Gasteiger partial charge is 0.248 e. The molecule has 0 unspecified atom stereocenters. The Morgan fingerprint density at radius 1 is 1.22 bits per heavy atom. The van der Waals surface area contributed by atoms with Crippen molar-refractivity contribution in [2.45, 2.75) is 6.42 Å². The Kier molecular flexibility index (Phi) is 5.94. The third kappa shape index (κ3) is 4.99. The van der Waals surface area contributed by atoms with Gasteiger partial charge in [0, 0.05) is 41.5 Å². The summed E-state index contributed by atoms with van der Waals surface area (Å²) >= 11 is 0. The van der Waals surface area contributed by atoms with E-state index < -0.39 is 0 Å². The average molecular weight is 363 g/mol. The molecular formula is C22H25N3O2. The highest BCUT2D eigenvalue weighted by Crippen LogP contribution is 2.25. The Hall–Kier alpha value is -3.05. The third-order valence-corrected chi connectivity index (χ3v) is 4.30. The maximum atomic E-state index is 12.0. The van der Waals surface area contributed by atoms with Crippen molar-refractivity contribution >= 4 is 22.5 Å². The molecule has 5 heteroatoms. The van der Waals surface area contributed by atoms with E-state index in [0.717, 1.165) is 35.5 Å². The number of benzene rings is 2. The normalized spacial score (nSPS) is 11.4. The lowest BCUT2D eigenvalue weighted by Crippen LogP contribution is -2.13. The number of nitrogens with zero attached hydrogens (tertiary/aromatic N) is 1. The molecule has 0 atom stereocenters. The Balaban J connectivity index is 1.71. The van der Waals surface area contributed by atoms with Crippen LogP contribution in [-0.2, 0) is 11.2 Å². The quantitative estimate of drug-likeness (QED) is 0.628. The van der Waals surface area contributed by atoms with Crippen molar-refractivity contribution in [3.05, 3.63) is 71.9 Å². The summed E-state index contributed by atoms with van der Waals surface area (Å²) in [5.41, 5.74) is 4.21. The van der Waals surface area contributed by atoms with Gasteiger partial charge in [-0.05, 0) is 55.9 Å². The Morgan fingerprint density at radius 3 is 2.85 bits per heavy atom. The average Bonchev–Trinajstić information content (AvgIpc) is 3.03. The van der Waals surface area contributed by atoms with Crippen LogP contribution in [0.25, 0.3) is 10.9 Å². The van der Waals surface area contributed by atoms with Crippen LogP contribution in [-0.4, -0.2) is 43.5 Å². The first-order valence-corrected chi connectivity index (χ1v) is 8.90. The Labute approximate surface area is 159 Å². The van der Waals surface area contributed by atoms with Gasteiger partial charge in [-0.3, -0.25) is 4.79 Å². The van der Waals surface area contributed by atoms with Crippen molar-refractivity contribution in [2.75, 3.05) is 33.1 Å². The van der Waals surface area contributed by atoms with E-state index in [1.54, 1.807) is 13.2 Å². The van der Waals surface area contributed by atoms with Crippen LogP contribution in [0.2, 0.25) is 0 Å². The maximum absolute atomic E-state index is 12.0. The molecule has 1 aromatic heterocycles. The van der Waals surface area contributed by atoms with Crippen LogP contribution in [0, 0.1) is 0 Å². The lowest BCUT2D eigenvalue weighted by Gasteiger charge is -2.07. The van der Waals surface area contributed by atoms with Crippen molar-refractivity contribution in [1.29, 1.82) is 0 Å². The molecule has 0 radical (unpaired) electrons. The van der Waals surface area contributed by atoms with Crippen molar-refractivity contribution in [2.24, 2.45) is 0 Å². The fraction of sp³-hybridized carbons (Fsp3) is 0.227. The van der Waals surface area contributed by atoms with E-state index in [4.69, 9.17) is 4.74 Å². The third-order valence-electron chi connectivity index (χ3n) is 4.30. The standard InChI is InChI=1S/C22H25N3O2/c1-25(2)11-5-8-22(26)24-18-7-4-6-16(13-18)12-17-15-23-21-14-19(27-3)9-10-20(17)21/h4-10,13-15,23H,11-12H2,1-3H3,(H,24,26). The number of likely N-dealkylation sites (N-methyl/N-ethyl adjacent to an activating group) is 1. The van der Waals surface area contributed by atoms with Gasteiger partial charge in [0.25, 0.3) is 0 Å². The zero-order valence-electron chi connectivity index (χ0n) is 16.0. The van der Waals surface area contributed by atoms with E-state index in [0.29, 0.717) is 0 Å². The number of aromatic nitrogens is 1. The van der Waals surface area contributed by atoms with E-state index in [9.17, 15) is 4.79 Å². The summed E-state index contributed by atoms with van der Waals surface area (Å²) in [6.07, 6.45) is 6.23. The minimum atomic E-state index is -0.117. The summed E-state index contributed by atoms with van der Waals surface area (Å²) in [5, 5.41) is 4.10. The minimum Gasteiger partial charge on any atom is -0.497 e. The van der Waals surface area contributed by atoms with Gasteiger partial charge in [0.2, 0.25) is 5.91 Å². The van der Waals surface area contributed by atoms with Gasteiger partial charge in [-0.2, -0.15) is 0 Å². The second-order valence-corrected chi connectivity index (χ2v) is 6.76. The predicted octanol–water partition coefficient (Wildman–Crippen LogP) is 3.82. The monoisotopic (exact) mass is 363 g/mol. The molecule has 0 aliphatic heterocycles. The molecule has 0 fully saturated rings. The number of anilines is 1. The second kappa shape index (κ2) is 8.56. The van der Waals surface area contributed by atoms with Gasteiger partial charge >= 0.3 is 0 Å². The molecule has 0 bridgehead atoms. The fourth-order valence-corrected chi connectivity index (χ4v) is 2.97. The fourth-order valence-electron chi connectivity index (χ4n) is 2.97. The molecule has 2 N–H and O–H groups in total. The molecule has 3 rings (SSSR count). The SMILES string of the molecule is COc1ccc2c(Cc3cccc(NC(=O)C=CCN(C)C)c3)c[nH]c2c1. The number of H-pyrrole nitrogens is 1. The van der Waals surface area contributed by atoms with Crippen molar-refractivity contribution in [1.82, 2.24) is 9.88 Å². The summed E-state index contributed by atoms with van der Waals surface area (Å²) in [6.45, 7) is 0.735. The second-order valence-electron chi connectivity index (χ2n) is 6.76. The van der Waals surface area contributed by atoms with E-state index >= 15 is 0 Å². The Bertz CT molecular complexity index is 957. The molecule has 5 nitrogen and oxygen atoms in total. The van der Waals surface area contributed by atoms with E-state index in [-0.39, 0.29) is 5.91 Å². The first-order valence-electron chi connectivity index (χ1n) is 8.90. The van der Waals surface area contributed by atoms with E-state index in [1.807, 2.05) is 61.6 Å². The van der Waals surface area contributed by atoms with Gasteiger partial charge in [-0.15, -0.1) is 0 Å². The zero-order chi connectivity index (χ0) is 19.2. The number of methoxy groups -OCH3 is 1. The van der Waals surface area contributed by atoms with Crippen LogP contribution in [0.1, 0.15) is 11.1 Å². The van der Waals surface area contributed by atoms with Crippen molar-refractivity contribution in [3.8, 4) is 5.75 Å². The molecule has 140 valence electrons. The summed E-state index contributed by atoms with van der Waals surface area (Å²) < 4.78 is 5.28. The van der Waals surface area contributed by atoms with Gasteiger partial charge in [0.05, 0.1) is 7.11 Å². The summed E-state index contributed by atoms with van der Waals surface area (Å²) in [6, 6.07) is 14.0. The highest BCUT2D eigenvalue weighted by atomic mass is 16.5. The molecule has 2 aromatic carbocycles. The number of rotatable bonds is 7. The van der Waals surface area contributed by atoms with Crippen LogP contribution in [0.4, 0.5) is 5.69 Å². The summed E-state index contributed by atoms with van der Waals surface area (Å²) in [7, 11) is 5.60. The summed E-state index contributed by atoms with van der Waals surface area (Å²) in [4.78, 5) is 17.3. The lowest BCUT2D eigenvalue weighted by molar-refractivity contribution is -0.111. The summed E-state index contributed by atoms with van der Waals surface area (Å²) in [5.74, 6) is 0.719. The largest absolute Gasteiger partial charge is 0.497 e. The molecule has 3 aromatic rings. The van der Waals surface area contributed by atoms with Crippen LogP contribution >= 0.6 is 0 Å². The number of amides is 1. The lowest BCUT2D eigenvalue weighted by atomic mass is 10.0. The topological polar surface area (TPSA) is 57.4 Å². The molecule has 1 heterocycles. The van der Waals surface area contributed by atoms with Gasteiger partial charge in [-0.1, -0.05) is 18.2 Å². The number of nitrogens with one attached hydrogen (secondary N) is 2. The number of ether oxygens (including phenoxy) is 1. The maximum Gasteiger partial charge on any atom is 0.248 e. The van der Waals surface area contributed by atoms with Crippen LogP contribution in [0.15, 0.2) is 60.8 Å².